The van der Waals surface area contributed by atoms with Gasteiger partial charge >= 0.3 is 0 Å². The molecule has 0 bridgehead atoms. The van der Waals surface area contributed by atoms with E-state index in [9.17, 15) is 4.79 Å². The van der Waals surface area contributed by atoms with E-state index >= 15 is 0 Å². The quantitative estimate of drug-likeness (QED) is 0.825. The molecular weight excluding hydrogens is 318 g/mol. The summed E-state index contributed by atoms with van der Waals surface area (Å²) in [5.74, 6) is 0.253. The van der Waals surface area contributed by atoms with Crippen molar-refractivity contribution in [2.24, 2.45) is 5.92 Å². The number of aromatic nitrogens is 3. The first-order valence-corrected chi connectivity index (χ1v) is 8.58. The number of amides is 1. The Morgan fingerprint density at radius 1 is 1.16 bits per heavy atom. The van der Waals surface area contributed by atoms with Crippen LogP contribution >= 0.6 is 0 Å². The van der Waals surface area contributed by atoms with Crippen LogP contribution in [0.3, 0.4) is 0 Å². The summed E-state index contributed by atoms with van der Waals surface area (Å²) in [4.78, 5) is 29.1. The molecule has 0 aromatic carbocycles. The van der Waals surface area contributed by atoms with Gasteiger partial charge in [-0.1, -0.05) is 6.07 Å². The molecule has 0 N–H and O–H groups in total. The molecule has 2 aliphatic rings. The van der Waals surface area contributed by atoms with Crippen molar-refractivity contribution in [2.45, 2.75) is 12.6 Å². The lowest BCUT2D eigenvalue weighted by molar-refractivity contribution is 0.0482. The van der Waals surface area contributed by atoms with Gasteiger partial charge in [0.05, 0.1) is 18.9 Å². The number of nitrogens with zero attached hydrogens (tertiary/aromatic N) is 5. The van der Waals surface area contributed by atoms with Gasteiger partial charge in [-0.3, -0.25) is 19.7 Å². The third-order valence-corrected chi connectivity index (χ3v) is 4.81. The zero-order valence-corrected chi connectivity index (χ0v) is 14.0. The third kappa shape index (κ3) is 3.67. The summed E-state index contributed by atoms with van der Waals surface area (Å²) in [6, 6.07) is 4.05. The number of rotatable bonds is 3. The molecule has 2 fully saturated rings. The summed E-state index contributed by atoms with van der Waals surface area (Å²) in [5, 5.41) is 0. The van der Waals surface area contributed by atoms with Crippen LogP contribution in [0.25, 0.3) is 0 Å². The fourth-order valence-electron chi connectivity index (χ4n) is 3.59. The number of hydrogen-bond acceptors (Lipinski definition) is 6. The maximum atomic E-state index is 12.6. The van der Waals surface area contributed by atoms with Crippen molar-refractivity contribution >= 4 is 5.91 Å². The van der Waals surface area contributed by atoms with Crippen LogP contribution in [0.4, 0.5) is 0 Å². The minimum Gasteiger partial charge on any atom is -0.375 e. The van der Waals surface area contributed by atoms with Gasteiger partial charge in [-0.2, -0.15) is 0 Å². The molecule has 7 nitrogen and oxygen atoms in total. The molecule has 25 heavy (non-hydrogen) atoms. The van der Waals surface area contributed by atoms with E-state index in [0.717, 1.165) is 19.6 Å². The molecule has 0 saturated carbocycles. The fraction of sp³-hybridized carbons (Fsp3) is 0.444. The predicted octanol–water partition coefficient (Wildman–Crippen LogP) is 0.845. The lowest BCUT2D eigenvalue weighted by Crippen LogP contribution is -2.34. The molecule has 0 aliphatic carbocycles. The largest absolute Gasteiger partial charge is 0.375 e. The Morgan fingerprint density at radius 3 is 2.88 bits per heavy atom. The minimum absolute atomic E-state index is 0.0661. The average Bonchev–Trinajstić information content (AvgIpc) is 2.96. The van der Waals surface area contributed by atoms with Gasteiger partial charge in [-0.15, -0.1) is 0 Å². The molecule has 0 unspecified atom stereocenters. The number of fused-ring (bicyclic) bond motifs is 1. The number of likely N-dealkylation sites (tertiary alicyclic amines) is 1. The zero-order chi connectivity index (χ0) is 17.1. The Bertz CT molecular complexity index is 712. The molecule has 2 aromatic rings. The van der Waals surface area contributed by atoms with Crippen LogP contribution in [0, 0.1) is 5.92 Å². The van der Waals surface area contributed by atoms with E-state index < -0.39 is 0 Å². The summed E-state index contributed by atoms with van der Waals surface area (Å²) >= 11 is 0. The molecule has 130 valence electrons. The second kappa shape index (κ2) is 7.25. The zero-order valence-electron chi connectivity index (χ0n) is 14.0. The lowest BCUT2D eigenvalue weighted by Gasteiger charge is -2.23. The summed E-state index contributed by atoms with van der Waals surface area (Å²) in [5.41, 5.74) is 1.60. The highest BCUT2D eigenvalue weighted by Gasteiger charge is 2.39. The minimum atomic E-state index is -0.0661. The molecule has 4 rings (SSSR count). The van der Waals surface area contributed by atoms with Gasteiger partial charge in [-0.05, 0) is 11.6 Å². The summed E-state index contributed by atoms with van der Waals surface area (Å²) in [7, 11) is 0. The SMILES string of the molecule is O=C(c1cnccn1)N1C[C@@H]2CN(Cc3cccnc3)CCO[C@@H]2C1. The smallest absolute Gasteiger partial charge is 0.274 e. The van der Waals surface area contributed by atoms with E-state index in [1.54, 1.807) is 18.6 Å². The van der Waals surface area contributed by atoms with Crippen molar-refractivity contribution in [2.75, 3.05) is 32.8 Å². The molecule has 2 saturated heterocycles. The van der Waals surface area contributed by atoms with E-state index in [0.29, 0.717) is 31.3 Å². The van der Waals surface area contributed by atoms with Gasteiger partial charge in [0.25, 0.3) is 5.91 Å². The summed E-state index contributed by atoms with van der Waals surface area (Å²) < 4.78 is 6.02. The Labute approximate surface area is 146 Å². The first-order valence-electron chi connectivity index (χ1n) is 8.58. The van der Waals surface area contributed by atoms with Gasteiger partial charge in [0, 0.05) is 63.4 Å². The molecule has 1 amide bonds. The number of carbonyl (C=O) groups excluding carboxylic acids is 1. The van der Waals surface area contributed by atoms with Crippen LogP contribution < -0.4 is 0 Å². The first-order chi connectivity index (χ1) is 12.3. The molecule has 4 heterocycles. The van der Waals surface area contributed by atoms with Crippen molar-refractivity contribution in [1.82, 2.24) is 24.8 Å². The van der Waals surface area contributed by atoms with Crippen LogP contribution in [0.1, 0.15) is 16.1 Å². The fourth-order valence-corrected chi connectivity index (χ4v) is 3.59. The second-order valence-electron chi connectivity index (χ2n) is 6.57. The van der Waals surface area contributed by atoms with Gasteiger partial charge in [0.2, 0.25) is 0 Å². The highest BCUT2D eigenvalue weighted by atomic mass is 16.5. The Kier molecular flexibility index (Phi) is 4.67. The molecule has 7 heteroatoms. The van der Waals surface area contributed by atoms with E-state index in [2.05, 4.69) is 25.9 Å². The van der Waals surface area contributed by atoms with Crippen LogP contribution in [0.2, 0.25) is 0 Å². The van der Waals surface area contributed by atoms with Crippen LogP contribution in [0.15, 0.2) is 43.1 Å². The van der Waals surface area contributed by atoms with Crippen molar-refractivity contribution in [3.05, 3.63) is 54.4 Å². The van der Waals surface area contributed by atoms with Crippen LogP contribution in [0.5, 0.6) is 0 Å². The second-order valence-corrected chi connectivity index (χ2v) is 6.57. The monoisotopic (exact) mass is 339 g/mol. The topological polar surface area (TPSA) is 71.5 Å². The highest BCUT2D eigenvalue weighted by molar-refractivity contribution is 5.92. The average molecular weight is 339 g/mol. The number of carbonyl (C=O) groups is 1. The number of pyridine rings is 1. The van der Waals surface area contributed by atoms with Crippen molar-refractivity contribution in [3.8, 4) is 0 Å². The molecular formula is C18H21N5O2. The van der Waals surface area contributed by atoms with E-state index in [1.165, 1.54) is 11.8 Å². The molecule has 0 radical (unpaired) electrons. The van der Waals surface area contributed by atoms with Gasteiger partial charge in [-0.25, -0.2) is 4.98 Å². The van der Waals surface area contributed by atoms with E-state index in [4.69, 9.17) is 4.74 Å². The standard InChI is InChI=1S/C18H21N5O2/c24-18(16-9-20-4-5-21-16)23-12-15-11-22(6-7-25-17(15)13-23)10-14-2-1-3-19-8-14/h1-5,8-9,15,17H,6-7,10-13H2/t15-,17+/m0/s1. The maximum absolute atomic E-state index is 12.6. The van der Waals surface area contributed by atoms with Gasteiger partial charge in [0.15, 0.2) is 0 Å². The van der Waals surface area contributed by atoms with Crippen LogP contribution in [-0.2, 0) is 11.3 Å². The normalized spacial score (nSPS) is 23.9. The Morgan fingerprint density at radius 2 is 2.08 bits per heavy atom. The predicted molar refractivity (Wildman–Crippen MR) is 90.7 cm³/mol. The van der Waals surface area contributed by atoms with E-state index in [-0.39, 0.29) is 12.0 Å². The Hall–Kier alpha value is -2.38. The molecule has 2 aliphatic heterocycles. The summed E-state index contributed by atoms with van der Waals surface area (Å²) in [6.07, 6.45) is 8.43. The molecule has 2 atom stereocenters. The third-order valence-electron chi connectivity index (χ3n) is 4.81. The molecule has 0 spiro atoms. The van der Waals surface area contributed by atoms with Crippen molar-refractivity contribution < 1.29 is 9.53 Å². The van der Waals surface area contributed by atoms with Crippen LogP contribution in [-0.4, -0.2) is 69.5 Å². The van der Waals surface area contributed by atoms with Gasteiger partial charge in [0.1, 0.15) is 5.69 Å². The number of hydrogen-bond donors (Lipinski definition) is 0. The van der Waals surface area contributed by atoms with E-state index in [1.807, 2.05) is 17.2 Å². The molecule has 2 aromatic heterocycles. The Balaban J connectivity index is 1.41. The number of ether oxygens (including phenoxy) is 1. The van der Waals surface area contributed by atoms with Gasteiger partial charge < -0.3 is 9.64 Å². The first kappa shape index (κ1) is 16.1. The lowest BCUT2D eigenvalue weighted by atomic mass is 10.1. The van der Waals surface area contributed by atoms with Crippen molar-refractivity contribution in [1.29, 1.82) is 0 Å². The highest BCUT2D eigenvalue weighted by Crippen LogP contribution is 2.25. The van der Waals surface area contributed by atoms with Crippen molar-refractivity contribution in [3.63, 3.8) is 0 Å². The summed E-state index contributed by atoms with van der Waals surface area (Å²) in [6.45, 7) is 4.70. The maximum Gasteiger partial charge on any atom is 0.274 e.